The van der Waals surface area contributed by atoms with E-state index in [-0.39, 0.29) is 6.61 Å². The second kappa shape index (κ2) is 5.83. The molecule has 18 heavy (non-hydrogen) atoms. The highest BCUT2D eigenvalue weighted by atomic mass is 16.2. The van der Waals surface area contributed by atoms with Gasteiger partial charge in [-0.15, -0.1) is 0 Å². The second-order valence-corrected chi connectivity index (χ2v) is 4.79. The SMILES string of the molecule is Cc1cccc(C)c1-c1cccc(CCCO)c1. The number of hydrogen-bond acceptors (Lipinski definition) is 1. The third-order valence-electron chi connectivity index (χ3n) is 3.32. The number of aryl methyl sites for hydroxylation is 3. The Morgan fingerprint density at radius 1 is 0.944 bits per heavy atom. The lowest BCUT2D eigenvalue weighted by molar-refractivity contribution is 0.288. The van der Waals surface area contributed by atoms with Crippen molar-refractivity contribution in [2.75, 3.05) is 6.61 Å². The first-order valence-corrected chi connectivity index (χ1v) is 6.49. The molecule has 94 valence electrons. The highest BCUT2D eigenvalue weighted by Crippen LogP contribution is 2.27. The Hall–Kier alpha value is -1.60. The molecule has 2 aromatic rings. The zero-order valence-corrected chi connectivity index (χ0v) is 11.1. The molecule has 0 radical (unpaired) electrons. The minimum atomic E-state index is 0.258. The van der Waals surface area contributed by atoms with Gasteiger partial charge in [0.1, 0.15) is 0 Å². The normalized spacial score (nSPS) is 10.6. The van der Waals surface area contributed by atoms with E-state index in [0.29, 0.717) is 0 Å². The highest BCUT2D eigenvalue weighted by molar-refractivity contribution is 5.71. The molecule has 1 N–H and O–H groups in total. The van der Waals surface area contributed by atoms with Gasteiger partial charge in [-0.05, 0) is 54.5 Å². The van der Waals surface area contributed by atoms with Gasteiger partial charge < -0.3 is 5.11 Å². The van der Waals surface area contributed by atoms with Gasteiger partial charge in [0, 0.05) is 6.61 Å². The largest absolute Gasteiger partial charge is 0.396 e. The fraction of sp³-hybridized carbons (Fsp3) is 0.294. The van der Waals surface area contributed by atoms with E-state index in [2.05, 4.69) is 56.3 Å². The summed E-state index contributed by atoms with van der Waals surface area (Å²) in [6, 6.07) is 15.1. The molecule has 0 unspecified atom stereocenters. The number of hydrogen-bond donors (Lipinski definition) is 1. The lowest BCUT2D eigenvalue weighted by Crippen LogP contribution is -1.92. The minimum Gasteiger partial charge on any atom is -0.396 e. The third kappa shape index (κ3) is 2.80. The van der Waals surface area contributed by atoms with Crippen LogP contribution in [0.2, 0.25) is 0 Å². The van der Waals surface area contributed by atoms with Gasteiger partial charge in [-0.2, -0.15) is 0 Å². The molecule has 0 aromatic heterocycles. The molecule has 1 nitrogen and oxygen atoms in total. The molecule has 1 heteroatoms. The van der Waals surface area contributed by atoms with Crippen molar-refractivity contribution in [3.63, 3.8) is 0 Å². The van der Waals surface area contributed by atoms with Crippen LogP contribution in [0.25, 0.3) is 11.1 Å². The van der Waals surface area contributed by atoms with Crippen LogP contribution in [0.5, 0.6) is 0 Å². The first-order chi connectivity index (χ1) is 8.72. The molecule has 0 spiro atoms. The highest BCUT2D eigenvalue weighted by Gasteiger charge is 2.05. The first-order valence-electron chi connectivity index (χ1n) is 6.49. The van der Waals surface area contributed by atoms with Crippen molar-refractivity contribution >= 4 is 0 Å². The zero-order chi connectivity index (χ0) is 13.0. The fourth-order valence-corrected chi connectivity index (χ4v) is 2.44. The molecule has 0 heterocycles. The summed E-state index contributed by atoms with van der Waals surface area (Å²) in [4.78, 5) is 0. The van der Waals surface area contributed by atoms with Crippen molar-refractivity contribution in [1.82, 2.24) is 0 Å². The van der Waals surface area contributed by atoms with Crippen molar-refractivity contribution in [2.45, 2.75) is 26.7 Å². The molecule has 0 fully saturated rings. The van der Waals surface area contributed by atoms with E-state index >= 15 is 0 Å². The predicted molar refractivity (Wildman–Crippen MR) is 76.8 cm³/mol. The summed E-state index contributed by atoms with van der Waals surface area (Å²) in [6.45, 7) is 4.57. The molecular formula is C17H20O. The molecular weight excluding hydrogens is 220 g/mol. The van der Waals surface area contributed by atoms with Gasteiger partial charge in [0.25, 0.3) is 0 Å². The van der Waals surface area contributed by atoms with Crippen LogP contribution < -0.4 is 0 Å². The molecule has 0 bridgehead atoms. The zero-order valence-electron chi connectivity index (χ0n) is 11.1. The van der Waals surface area contributed by atoms with Crippen molar-refractivity contribution < 1.29 is 5.11 Å². The van der Waals surface area contributed by atoms with E-state index in [1.54, 1.807) is 0 Å². The summed E-state index contributed by atoms with van der Waals surface area (Å²) >= 11 is 0. The summed E-state index contributed by atoms with van der Waals surface area (Å²) in [5, 5.41) is 8.90. The van der Waals surface area contributed by atoms with Crippen molar-refractivity contribution in [2.24, 2.45) is 0 Å². The fourth-order valence-electron chi connectivity index (χ4n) is 2.44. The lowest BCUT2D eigenvalue weighted by Gasteiger charge is -2.11. The van der Waals surface area contributed by atoms with Gasteiger partial charge in [-0.25, -0.2) is 0 Å². The van der Waals surface area contributed by atoms with Gasteiger partial charge in [0.15, 0.2) is 0 Å². The number of aliphatic hydroxyl groups is 1. The Bertz CT molecular complexity index is 509. The van der Waals surface area contributed by atoms with E-state index in [1.807, 2.05) is 0 Å². The van der Waals surface area contributed by atoms with Crippen LogP contribution in [0.15, 0.2) is 42.5 Å². The van der Waals surface area contributed by atoms with Crippen LogP contribution in [0.1, 0.15) is 23.1 Å². The third-order valence-corrected chi connectivity index (χ3v) is 3.32. The van der Waals surface area contributed by atoms with Gasteiger partial charge >= 0.3 is 0 Å². The number of benzene rings is 2. The van der Waals surface area contributed by atoms with Crippen molar-refractivity contribution in [3.8, 4) is 11.1 Å². The van der Waals surface area contributed by atoms with Crippen LogP contribution in [0.4, 0.5) is 0 Å². The Labute approximate surface area is 109 Å². The molecule has 0 aliphatic rings. The van der Waals surface area contributed by atoms with E-state index in [4.69, 9.17) is 5.11 Å². The molecule has 0 saturated carbocycles. The van der Waals surface area contributed by atoms with Crippen LogP contribution in [-0.4, -0.2) is 11.7 Å². The predicted octanol–water partition coefficient (Wildman–Crippen LogP) is 3.90. The Morgan fingerprint density at radius 3 is 2.28 bits per heavy atom. The van der Waals surface area contributed by atoms with Crippen LogP contribution in [-0.2, 0) is 6.42 Å². The number of aliphatic hydroxyl groups excluding tert-OH is 1. The monoisotopic (exact) mass is 240 g/mol. The maximum absolute atomic E-state index is 8.90. The van der Waals surface area contributed by atoms with Crippen molar-refractivity contribution in [1.29, 1.82) is 0 Å². The molecule has 0 atom stereocenters. The van der Waals surface area contributed by atoms with E-state index in [9.17, 15) is 0 Å². The first kappa shape index (κ1) is 12.8. The maximum Gasteiger partial charge on any atom is 0.0434 e. The van der Waals surface area contributed by atoms with Gasteiger partial charge in [-0.1, -0.05) is 42.5 Å². The van der Waals surface area contributed by atoms with E-state index < -0.39 is 0 Å². The van der Waals surface area contributed by atoms with Crippen molar-refractivity contribution in [3.05, 3.63) is 59.2 Å². The Kier molecular flexibility index (Phi) is 4.16. The Balaban J connectivity index is 2.38. The average molecular weight is 240 g/mol. The summed E-state index contributed by atoms with van der Waals surface area (Å²) in [5.41, 5.74) is 6.54. The molecule has 0 saturated heterocycles. The van der Waals surface area contributed by atoms with Gasteiger partial charge in [-0.3, -0.25) is 0 Å². The average Bonchev–Trinajstić information content (AvgIpc) is 2.37. The minimum absolute atomic E-state index is 0.258. The van der Waals surface area contributed by atoms with E-state index in [0.717, 1.165) is 12.8 Å². The van der Waals surface area contributed by atoms with E-state index in [1.165, 1.54) is 27.8 Å². The van der Waals surface area contributed by atoms with Crippen LogP contribution in [0, 0.1) is 13.8 Å². The topological polar surface area (TPSA) is 20.2 Å². The molecule has 0 amide bonds. The molecule has 2 rings (SSSR count). The van der Waals surface area contributed by atoms with Crippen LogP contribution >= 0.6 is 0 Å². The molecule has 2 aromatic carbocycles. The van der Waals surface area contributed by atoms with Gasteiger partial charge in [0.05, 0.1) is 0 Å². The summed E-state index contributed by atoms with van der Waals surface area (Å²) in [7, 11) is 0. The molecule has 0 aliphatic carbocycles. The smallest absolute Gasteiger partial charge is 0.0434 e. The quantitative estimate of drug-likeness (QED) is 0.859. The Morgan fingerprint density at radius 2 is 1.61 bits per heavy atom. The summed E-state index contributed by atoms with van der Waals surface area (Å²) in [5.74, 6) is 0. The maximum atomic E-state index is 8.90. The number of rotatable bonds is 4. The second-order valence-electron chi connectivity index (χ2n) is 4.79. The lowest BCUT2D eigenvalue weighted by atomic mass is 9.94. The molecule has 0 aliphatic heterocycles. The summed E-state index contributed by atoms with van der Waals surface area (Å²) in [6.07, 6.45) is 1.77. The standard InChI is InChI=1S/C17H20O/c1-13-6-3-7-14(2)17(13)16-10-4-8-15(12-16)9-5-11-18/h3-4,6-8,10,12,18H,5,9,11H2,1-2H3. The van der Waals surface area contributed by atoms with Crippen LogP contribution in [0.3, 0.4) is 0 Å². The van der Waals surface area contributed by atoms with Gasteiger partial charge in [0.2, 0.25) is 0 Å². The summed E-state index contributed by atoms with van der Waals surface area (Å²) < 4.78 is 0.